The smallest absolute Gasteiger partial charge is 0.225 e. The lowest BCUT2D eigenvalue weighted by Crippen LogP contribution is -2.33. The van der Waals surface area contributed by atoms with Crippen molar-refractivity contribution in [3.05, 3.63) is 47.5 Å². The Labute approximate surface area is 140 Å². The molecule has 0 radical (unpaired) electrons. The fourth-order valence-corrected chi connectivity index (χ4v) is 2.96. The Morgan fingerprint density at radius 2 is 2.12 bits per heavy atom. The molecule has 0 saturated carbocycles. The average molecular weight is 327 g/mol. The van der Waals surface area contributed by atoms with E-state index in [0.717, 1.165) is 17.0 Å². The third kappa shape index (κ3) is 3.61. The van der Waals surface area contributed by atoms with Gasteiger partial charge in [0.2, 0.25) is 11.8 Å². The van der Waals surface area contributed by atoms with Gasteiger partial charge >= 0.3 is 0 Å². The van der Waals surface area contributed by atoms with Gasteiger partial charge in [0.15, 0.2) is 0 Å². The molecule has 3 heterocycles. The van der Waals surface area contributed by atoms with E-state index >= 15 is 0 Å². The first kappa shape index (κ1) is 16.2. The topological polar surface area (TPSA) is 80.1 Å². The number of carbonyl (C=O) groups excluding carboxylic acids is 2. The molecule has 1 saturated heterocycles. The summed E-state index contributed by atoms with van der Waals surface area (Å²) in [5.41, 5.74) is 2.88. The molecule has 2 aromatic rings. The van der Waals surface area contributed by atoms with E-state index in [0.29, 0.717) is 19.6 Å². The zero-order chi connectivity index (χ0) is 17.1. The van der Waals surface area contributed by atoms with E-state index in [4.69, 9.17) is 0 Å². The molecule has 126 valence electrons. The number of hydrogen-bond donors (Lipinski definition) is 1. The van der Waals surface area contributed by atoms with Crippen molar-refractivity contribution in [1.82, 2.24) is 25.0 Å². The van der Waals surface area contributed by atoms with Gasteiger partial charge in [-0.2, -0.15) is 5.10 Å². The number of nitrogens with one attached hydrogen (secondary N) is 1. The lowest BCUT2D eigenvalue weighted by Gasteiger charge is -2.16. The lowest BCUT2D eigenvalue weighted by molar-refractivity contribution is -0.129. The third-order valence-corrected chi connectivity index (χ3v) is 4.25. The maximum Gasteiger partial charge on any atom is 0.225 e. The van der Waals surface area contributed by atoms with Gasteiger partial charge < -0.3 is 10.2 Å². The summed E-state index contributed by atoms with van der Waals surface area (Å²) < 4.78 is 1.76. The molecule has 3 rings (SSSR count). The number of nitrogens with zero attached hydrogens (tertiary/aromatic N) is 4. The standard InChI is InChI=1S/C17H21N5O2/c1-12-7-15(21(2)20-12)9-19-17(24)14-8-16(23)22(11-14)10-13-3-5-18-6-4-13/h3-7,14H,8-11H2,1-2H3,(H,19,24)/t14-/m1/s1. The van der Waals surface area contributed by atoms with Crippen LogP contribution in [-0.2, 0) is 29.7 Å². The molecule has 0 aromatic carbocycles. The second-order valence-corrected chi connectivity index (χ2v) is 6.15. The normalized spacial score (nSPS) is 17.3. The van der Waals surface area contributed by atoms with Crippen LogP contribution in [0.2, 0.25) is 0 Å². The van der Waals surface area contributed by atoms with Gasteiger partial charge in [-0.05, 0) is 30.7 Å². The molecule has 1 N–H and O–H groups in total. The van der Waals surface area contributed by atoms with Gasteiger partial charge in [-0.1, -0.05) is 0 Å². The van der Waals surface area contributed by atoms with Gasteiger partial charge in [-0.15, -0.1) is 0 Å². The molecule has 2 aromatic heterocycles. The molecule has 2 amide bonds. The largest absolute Gasteiger partial charge is 0.350 e. The van der Waals surface area contributed by atoms with Crippen molar-refractivity contribution in [2.24, 2.45) is 13.0 Å². The van der Waals surface area contributed by atoms with Crippen molar-refractivity contribution in [2.45, 2.75) is 26.4 Å². The Hall–Kier alpha value is -2.70. The summed E-state index contributed by atoms with van der Waals surface area (Å²) >= 11 is 0. The molecule has 7 nitrogen and oxygen atoms in total. The van der Waals surface area contributed by atoms with Crippen molar-refractivity contribution < 1.29 is 9.59 Å². The Kier molecular flexibility index (Phi) is 4.59. The van der Waals surface area contributed by atoms with Gasteiger partial charge in [0.05, 0.1) is 23.9 Å². The van der Waals surface area contributed by atoms with Gasteiger partial charge in [0, 0.05) is 39.0 Å². The van der Waals surface area contributed by atoms with Gasteiger partial charge in [-0.25, -0.2) is 0 Å². The fourth-order valence-electron chi connectivity index (χ4n) is 2.96. The summed E-state index contributed by atoms with van der Waals surface area (Å²) in [4.78, 5) is 30.2. The summed E-state index contributed by atoms with van der Waals surface area (Å²) in [6.45, 7) is 3.31. The Morgan fingerprint density at radius 3 is 2.79 bits per heavy atom. The van der Waals surface area contributed by atoms with Crippen molar-refractivity contribution in [1.29, 1.82) is 0 Å². The van der Waals surface area contributed by atoms with Crippen LogP contribution < -0.4 is 5.32 Å². The van der Waals surface area contributed by atoms with E-state index in [-0.39, 0.29) is 24.2 Å². The van der Waals surface area contributed by atoms with E-state index in [1.807, 2.05) is 32.2 Å². The number of amides is 2. The van der Waals surface area contributed by atoms with Crippen LogP contribution in [0, 0.1) is 12.8 Å². The van der Waals surface area contributed by atoms with E-state index in [1.165, 1.54) is 0 Å². The second kappa shape index (κ2) is 6.82. The summed E-state index contributed by atoms with van der Waals surface area (Å²) in [6.07, 6.45) is 3.67. The average Bonchev–Trinajstić information content (AvgIpc) is 3.08. The van der Waals surface area contributed by atoms with Crippen LogP contribution in [0.5, 0.6) is 0 Å². The molecule has 0 unspecified atom stereocenters. The molecule has 0 bridgehead atoms. The van der Waals surface area contributed by atoms with Gasteiger partial charge in [0.1, 0.15) is 0 Å². The van der Waals surface area contributed by atoms with Crippen LogP contribution >= 0.6 is 0 Å². The molecule has 1 aliphatic heterocycles. The van der Waals surface area contributed by atoms with E-state index < -0.39 is 0 Å². The first-order chi connectivity index (χ1) is 11.5. The first-order valence-corrected chi connectivity index (χ1v) is 7.97. The predicted molar refractivity (Wildman–Crippen MR) is 87.6 cm³/mol. The van der Waals surface area contributed by atoms with E-state index in [1.54, 1.807) is 22.0 Å². The Morgan fingerprint density at radius 1 is 1.38 bits per heavy atom. The quantitative estimate of drug-likeness (QED) is 0.880. The van der Waals surface area contributed by atoms with Gasteiger partial charge in [0.25, 0.3) is 0 Å². The molecular formula is C17H21N5O2. The molecule has 1 fully saturated rings. The number of aryl methyl sites for hydroxylation is 2. The number of likely N-dealkylation sites (tertiary alicyclic amines) is 1. The zero-order valence-electron chi connectivity index (χ0n) is 13.9. The summed E-state index contributed by atoms with van der Waals surface area (Å²) in [5.74, 6) is -0.364. The SMILES string of the molecule is Cc1cc(CNC(=O)[C@@H]2CC(=O)N(Cc3ccncc3)C2)n(C)n1. The molecule has 0 aliphatic carbocycles. The predicted octanol–water partition coefficient (Wildman–Crippen LogP) is 0.788. The molecule has 1 atom stereocenters. The summed E-state index contributed by atoms with van der Waals surface area (Å²) in [6, 6.07) is 5.70. The highest BCUT2D eigenvalue weighted by Gasteiger charge is 2.34. The van der Waals surface area contributed by atoms with Crippen molar-refractivity contribution in [3.8, 4) is 0 Å². The minimum Gasteiger partial charge on any atom is -0.350 e. The molecular weight excluding hydrogens is 306 g/mol. The van der Waals surface area contributed by atoms with E-state index in [9.17, 15) is 9.59 Å². The number of aromatic nitrogens is 3. The van der Waals surface area contributed by atoms with Crippen LogP contribution in [-0.4, -0.2) is 38.0 Å². The molecule has 0 spiro atoms. The summed E-state index contributed by atoms with van der Waals surface area (Å²) in [7, 11) is 1.85. The monoisotopic (exact) mass is 327 g/mol. The van der Waals surface area contributed by atoms with Gasteiger partial charge in [-0.3, -0.25) is 19.3 Å². The molecule has 24 heavy (non-hydrogen) atoms. The highest BCUT2D eigenvalue weighted by Crippen LogP contribution is 2.20. The molecule has 1 aliphatic rings. The Bertz CT molecular complexity index is 741. The highest BCUT2D eigenvalue weighted by atomic mass is 16.2. The van der Waals surface area contributed by atoms with Crippen molar-refractivity contribution >= 4 is 11.8 Å². The lowest BCUT2D eigenvalue weighted by atomic mass is 10.1. The minimum absolute atomic E-state index is 0.0170. The van der Waals surface area contributed by atoms with Crippen LogP contribution in [0.1, 0.15) is 23.4 Å². The second-order valence-electron chi connectivity index (χ2n) is 6.15. The molecule has 7 heteroatoms. The van der Waals surface area contributed by atoms with E-state index in [2.05, 4.69) is 15.4 Å². The van der Waals surface area contributed by atoms with Crippen molar-refractivity contribution in [2.75, 3.05) is 6.54 Å². The number of hydrogen-bond acceptors (Lipinski definition) is 4. The number of rotatable bonds is 5. The maximum absolute atomic E-state index is 12.4. The van der Waals surface area contributed by atoms with Crippen LogP contribution in [0.3, 0.4) is 0 Å². The number of carbonyl (C=O) groups is 2. The maximum atomic E-state index is 12.4. The zero-order valence-corrected chi connectivity index (χ0v) is 13.9. The number of pyridine rings is 1. The fraction of sp³-hybridized carbons (Fsp3) is 0.412. The van der Waals surface area contributed by atoms with Crippen LogP contribution in [0.4, 0.5) is 0 Å². The summed E-state index contributed by atoms with van der Waals surface area (Å²) in [5, 5.41) is 7.17. The van der Waals surface area contributed by atoms with Crippen molar-refractivity contribution in [3.63, 3.8) is 0 Å². The van der Waals surface area contributed by atoms with Crippen LogP contribution in [0.25, 0.3) is 0 Å². The minimum atomic E-state index is -0.298. The third-order valence-electron chi connectivity index (χ3n) is 4.25. The van der Waals surface area contributed by atoms with Crippen LogP contribution in [0.15, 0.2) is 30.6 Å². The Balaban J connectivity index is 1.55. The first-order valence-electron chi connectivity index (χ1n) is 7.97. The highest BCUT2D eigenvalue weighted by molar-refractivity contribution is 5.89.